The van der Waals surface area contributed by atoms with Crippen LogP contribution in [0.4, 0.5) is 0 Å². The molecule has 0 radical (unpaired) electrons. The summed E-state index contributed by atoms with van der Waals surface area (Å²) in [4.78, 5) is 16.1. The Morgan fingerprint density at radius 1 is 0.202 bits per heavy atom. The van der Waals surface area contributed by atoms with E-state index in [1.54, 1.807) is 0 Å². The third kappa shape index (κ3) is 7.88. The van der Waals surface area contributed by atoms with Crippen LogP contribution in [0.1, 0.15) is 0 Å². The van der Waals surface area contributed by atoms with Gasteiger partial charge in [-0.1, -0.05) is 194 Å². The fraction of sp³-hybridized carbons (Fsp3) is 0. The van der Waals surface area contributed by atoms with Crippen LogP contribution in [-0.4, -0.2) is 37.5 Å². The van der Waals surface area contributed by atoms with Gasteiger partial charge in [0.15, 0.2) is 0 Å². The largest absolute Gasteiger partial charge is 0.309 e. The quantitative estimate of drug-likeness (QED) is 0.149. The van der Waals surface area contributed by atoms with Crippen molar-refractivity contribution in [1.82, 2.24) is 37.5 Å². The average molecular weight is 1260 g/mol. The predicted octanol–water partition coefficient (Wildman–Crippen LogP) is 23.3. The van der Waals surface area contributed by atoms with Crippen molar-refractivity contribution in [3.05, 3.63) is 328 Å². The lowest BCUT2D eigenvalue weighted by Crippen LogP contribution is -2.00. The number of benzene rings is 15. The summed E-state index contributed by atoms with van der Waals surface area (Å²) in [6.07, 6.45) is 0. The maximum Gasteiger partial charge on any atom is 0.146 e. The van der Waals surface area contributed by atoms with E-state index in [-0.39, 0.29) is 0 Å². The van der Waals surface area contributed by atoms with E-state index in [1.165, 1.54) is 48.5 Å². The summed E-state index contributed by atoms with van der Waals surface area (Å²) in [5.74, 6) is 0.924. The van der Waals surface area contributed by atoms with Gasteiger partial charge in [-0.3, -0.25) is 13.4 Å². The van der Waals surface area contributed by atoms with Crippen molar-refractivity contribution in [3.63, 3.8) is 0 Å². The fourth-order valence-corrected chi connectivity index (χ4v) is 16.6. The highest BCUT2D eigenvalue weighted by Crippen LogP contribution is 2.45. The number of imidazole rings is 3. The topological polar surface area (TPSA) is 62.3 Å². The number of para-hydroxylation sites is 10. The molecule has 7 aromatic heterocycles. The van der Waals surface area contributed by atoms with Gasteiger partial charge in [-0.15, -0.1) is 0 Å². The summed E-state index contributed by atoms with van der Waals surface area (Å²) in [6, 6.07) is 120. The number of fused-ring (bicyclic) bond motifs is 24. The molecular weight excluding hydrogens is 1210 g/mol. The Balaban J connectivity index is 0.688. The second kappa shape index (κ2) is 20.5. The van der Waals surface area contributed by atoms with Crippen molar-refractivity contribution in [1.29, 1.82) is 0 Å². The van der Waals surface area contributed by atoms with Crippen molar-refractivity contribution in [2.45, 2.75) is 0 Å². The highest BCUT2D eigenvalue weighted by Gasteiger charge is 2.24. The Labute approximate surface area is 565 Å². The molecule has 8 heteroatoms. The van der Waals surface area contributed by atoms with Gasteiger partial charge in [-0.05, 0) is 188 Å². The standard InChI is InChI=1S/C91H54N8/c1-2-19-63(20-3-1)97-84-34-16-9-27-76(84)92-89(97)61-40-39-55-47-56(37-38-57(55)48-61)58-42-45-72-74(51-58)71-24-7-14-32-82(71)99-86-46-43-60(53-78(86)94-90(72)99)66-26-18-36-87-88(66)73-25-8-15-33-83(73)96(87)65-50-62(49-64(54-65)95-79-29-11-5-22-69(79)70-23-6-12-30-80(70)95)59-41-44-67-68-21-4-13-31-81(68)98-85-35-17-10-28-77(85)93-91(98)75(67)52-59/h1-54H. The molecule has 22 rings (SSSR count). The van der Waals surface area contributed by atoms with Gasteiger partial charge >= 0.3 is 0 Å². The molecule has 0 amide bonds. The first-order valence-corrected chi connectivity index (χ1v) is 33.8. The minimum Gasteiger partial charge on any atom is -0.309 e. The van der Waals surface area contributed by atoms with E-state index >= 15 is 0 Å². The summed E-state index contributed by atoms with van der Waals surface area (Å²) in [5.41, 5.74) is 25.9. The third-order valence-corrected chi connectivity index (χ3v) is 21.0. The Bertz CT molecular complexity index is 7190. The number of nitrogens with zero attached hydrogens (tertiary/aromatic N) is 8. The lowest BCUT2D eigenvalue weighted by molar-refractivity contribution is 1.10. The van der Waals surface area contributed by atoms with E-state index in [0.29, 0.717) is 0 Å². The van der Waals surface area contributed by atoms with Gasteiger partial charge in [-0.2, -0.15) is 0 Å². The van der Waals surface area contributed by atoms with E-state index in [0.717, 1.165) is 155 Å². The summed E-state index contributed by atoms with van der Waals surface area (Å²) < 4.78 is 11.9. The number of pyridine rings is 2. The summed E-state index contributed by atoms with van der Waals surface area (Å²) in [7, 11) is 0. The van der Waals surface area contributed by atoms with E-state index in [1.807, 2.05) is 0 Å². The smallest absolute Gasteiger partial charge is 0.146 e. The van der Waals surface area contributed by atoms with Crippen LogP contribution in [0, 0.1) is 0 Å². The molecule has 0 N–H and O–H groups in total. The van der Waals surface area contributed by atoms with Crippen LogP contribution in [0.25, 0.3) is 204 Å². The average Bonchev–Trinajstić information content (AvgIpc) is 1.67. The van der Waals surface area contributed by atoms with Gasteiger partial charge < -0.3 is 9.13 Å². The zero-order chi connectivity index (χ0) is 64.6. The third-order valence-electron chi connectivity index (χ3n) is 21.0. The Kier molecular flexibility index (Phi) is 11.2. The van der Waals surface area contributed by atoms with Crippen LogP contribution >= 0.6 is 0 Å². The van der Waals surface area contributed by atoms with Crippen LogP contribution < -0.4 is 0 Å². The monoisotopic (exact) mass is 1260 g/mol. The van der Waals surface area contributed by atoms with Crippen LogP contribution in [0.5, 0.6) is 0 Å². The maximum atomic E-state index is 5.61. The number of aromatic nitrogens is 8. The van der Waals surface area contributed by atoms with Crippen molar-refractivity contribution in [2.75, 3.05) is 0 Å². The SMILES string of the molecule is c1ccc(-n2c(-c3ccc4cc(-c5ccc6c(c5)c5ccccc5n5c7ccc(-c8cccc9c8c8ccccc8n9-c8cc(-c9ccc%10c%11ccccc%11n%11c%12ccccc%12nc%11c%10c9)cc(-n9c%10ccccc%10c%10ccccc%109)c8)cc7nc65)ccc4c3)nc3ccccc32)cc1. The van der Waals surface area contributed by atoms with Crippen LogP contribution in [-0.2, 0) is 0 Å². The molecule has 0 aliphatic heterocycles. The summed E-state index contributed by atoms with van der Waals surface area (Å²) >= 11 is 0. The van der Waals surface area contributed by atoms with E-state index < -0.39 is 0 Å². The number of hydrogen-bond acceptors (Lipinski definition) is 3. The van der Waals surface area contributed by atoms with Crippen molar-refractivity contribution in [3.8, 4) is 61.8 Å². The van der Waals surface area contributed by atoms with Gasteiger partial charge in [0.2, 0.25) is 0 Å². The molecule has 0 saturated heterocycles. The van der Waals surface area contributed by atoms with Crippen LogP contribution in [0.3, 0.4) is 0 Å². The number of hydrogen-bond donors (Lipinski definition) is 0. The first kappa shape index (κ1) is 53.9. The van der Waals surface area contributed by atoms with Gasteiger partial charge in [0.25, 0.3) is 0 Å². The van der Waals surface area contributed by atoms with Gasteiger partial charge in [0.05, 0.1) is 66.2 Å². The zero-order valence-corrected chi connectivity index (χ0v) is 53.3. The molecule has 0 bridgehead atoms. The fourth-order valence-electron chi connectivity index (χ4n) is 16.6. The lowest BCUT2D eigenvalue weighted by Gasteiger charge is -2.17. The van der Waals surface area contributed by atoms with Crippen molar-refractivity contribution < 1.29 is 0 Å². The highest BCUT2D eigenvalue weighted by atomic mass is 15.1. The van der Waals surface area contributed by atoms with Crippen LogP contribution in [0.2, 0.25) is 0 Å². The molecule has 458 valence electrons. The Morgan fingerprint density at radius 3 is 1.37 bits per heavy atom. The molecule has 0 fully saturated rings. The highest BCUT2D eigenvalue weighted by molar-refractivity contribution is 6.19. The molecule has 0 atom stereocenters. The lowest BCUT2D eigenvalue weighted by atomic mass is 9.96. The molecule has 22 aromatic rings. The normalized spacial score (nSPS) is 12.2. The Morgan fingerprint density at radius 2 is 0.667 bits per heavy atom. The minimum absolute atomic E-state index is 0.924. The molecule has 0 spiro atoms. The molecule has 8 nitrogen and oxygen atoms in total. The van der Waals surface area contributed by atoms with Crippen LogP contribution in [0.15, 0.2) is 328 Å². The molecule has 0 aliphatic rings. The molecular formula is C91H54N8. The first-order valence-electron chi connectivity index (χ1n) is 33.8. The predicted molar refractivity (Wildman–Crippen MR) is 412 cm³/mol. The molecule has 0 saturated carbocycles. The first-order chi connectivity index (χ1) is 49.1. The summed E-state index contributed by atoms with van der Waals surface area (Å²) in [5, 5.41) is 14.1. The molecule has 99 heavy (non-hydrogen) atoms. The van der Waals surface area contributed by atoms with E-state index in [2.05, 4.69) is 350 Å². The van der Waals surface area contributed by atoms with Crippen molar-refractivity contribution >= 4 is 142 Å². The van der Waals surface area contributed by atoms with Gasteiger partial charge in [0.1, 0.15) is 17.1 Å². The zero-order valence-electron chi connectivity index (χ0n) is 53.3. The molecule has 15 aromatic carbocycles. The van der Waals surface area contributed by atoms with E-state index in [4.69, 9.17) is 15.0 Å². The van der Waals surface area contributed by atoms with E-state index in [9.17, 15) is 0 Å². The molecule has 7 heterocycles. The molecule has 0 unspecified atom stereocenters. The second-order valence-corrected chi connectivity index (χ2v) is 26.3. The minimum atomic E-state index is 0.924. The number of rotatable bonds is 7. The van der Waals surface area contributed by atoms with Crippen molar-refractivity contribution in [2.24, 2.45) is 0 Å². The second-order valence-electron chi connectivity index (χ2n) is 26.3. The maximum absolute atomic E-state index is 5.61. The molecule has 0 aliphatic carbocycles. The summed E-state index contributed by atoms with van der Waals surface area (Å²) in [6.45, 7) is 0. The van der Waals surface area contributed by atoms with Gasteiger partial charge in [0, 0.05) is 65.7 Å². The Hall–Kier alpha value is -13.4. The van der Waals surface area contributed by atoms with Gasteiger partial charge in [-0.25, -0.2) is 15.0 Å².